The van der Waals surface area contributed by atoms with Crippen molar-refractivity contribution in [2.45, 2.75) is 32.2 Å². The molecule has 30 heavy (non-hydrogen) atoms. The lowest BCUT2D eigenvalue weighted by atomic mass is 9.93. The maximum absolute atomic E-state index is 13.0. The number of ether oxygens (including phenoxy) is 1. The van der Waals surface area contributed by atoms with Gasteiger partial charge in [-0.05, 0) is 38.0 Å². The van der Waals surface area contributed by atoms with Gasteiger partial charge in [-0.2, -0.15) is 10.4 Å². The highest BCUT2D eigenvalue weighted by atomic mass is 16.5. The summed E-state index contributed by atoms with van der Waals surface area (Å²) in [6.45, 7) is 5.12. The summed E-state index contributed by atoms with van der Waals surface area (Å²) in [5.74, 6) is 0.861. The molecular weight excluding hydrogens is 378 g/mol. The molecule has 7 nitrogen and oxygen atoms in total. The molecule has 2 atom stereocenters. The second-order valence-corrected chi connectivity index (χ2v) is 7.54. The number of nitriles is 1. The fourth-order valence-corrected chi connectivity index (χ4v) is 3.74. The number of rotatable bonds is 7. The third-order valence-corrected chi connectivity index (χ3v) is 5.59. The molecule has 1 aromatic carbocycles. The van der Waals surface area contributed by atoms with Crippen molar-refractivity contribution in [3.05, 3.63) is 71.7 Å². The van der Waals surface area contributed by atoms with Gasteiger partial charge in [0, 0.05) is 18.2 Å². The number of aryl methyl sites for hydroxylation is 2. The molecule has 2 aromatic heterocycles. The van der Waals surface area contributed by atoms with E-state index in [4.69, 9.17) is 10.00 Å². The van der Waals surface area contributed by atoms with Gasteiger partial charge >= 0.3 is 0 Å². The van der Waals surface area contributed by atoms with Crippen LogP contribution in [0.25, 0.3) is 0 Å². The van der Waals surface area contributed by atoms with E-state index in [0.717, 1.165) is 23.6 Å². The molecule has 0 spiro atoms. The van der Waals surface area contributed by atoms with E-state index < -0.39 is 5.41 Å². The van der Waals surface area contributed by atoms with E-state index in [9.17, 15) is 4.79 Å². The minimum absolute atomic E-state index is 0.0966. The predicted octanol–water partition coefficient (Wildman–Crippen LogP) is 3.45. The molecule has 7 heteroatoms. The zero-order chi connectivity index (χ0) is 21.1. The quantitative estimate of drug-likeness (QED) is 0.654. The van der Waals surface area contributed by atoms with E-state index in [-0.39, 0.29) is 11.8 Å². The van der Waals surface area contributed by atoms with Crippen LogP contribution in [0.1, 0.15) is 30.2 Å². The summed E-state index contributed by atoms with van der Waals surface area (Å²) in [5.41, 5.74) is 1.98. The van der Waals surface area contributed by atoms with E-state index in [0.29, 0.717) is 24.4 Å². The summed E-state index contributed by atoms with van der Waals surface area (Å²) in [5, 5.41) is 16.2. The van der Waals surface area contributed by atoms with Crippen LogP contribution in [-0.4, -0.2) is 27.3 Å². The summed E-state index contributed by atoms with van der Waals surface area (Å²) in [4.78, 5) is 17.1. The monoisotopic (exact) mass is 401 g/mol. The smallest absolute Gasteiger partial charge is 0.229 e. The van der Waals surface area contributed by atoms with Crippen molar-refractivity contribution in [1.29, 1.82) is 5.26 Å². The number of nitrogens with zero attached hydrogens (tertiary/aromatic N) is 4. The van der Waals surface area contributed by atoms with E-state index in [1.807, 2.05) is 61.1 Å². The molecule has 1 fully saturated rings. The van der Waals surface area contributed by atoms with Crippen LogP contribution in [0.5, 0.6) is 5.75 Å². The molecule has 1 N–H and O–H groups in total. The van der Waals surface area contributed by atoms with Gasteiger partial charge in [0.25, 0.3) is 0 Å². The van der Waals surface area contributed by atoms with Crippen LogP contribution in [0, 0.1) is 24.2 Å². The normalized spacial score (nSPS) is 19.7. The van der Waals surface area contributed by atoms with Crippen LogP contribution >= 0.6 is 0 Å². The second kappa shape index (κ2) is 7.99. The number of amides is 1. The predicted molar refractivity (Wildman–Crippen MR) is 112 cm³/mol. The Morgan fingerprint density at radius 1 is 1.33 bits per heavy atom. The molecule has 152 valence electrons. The minimum atomic E-state index is -0.390. The fraction of sp³-hybridized carbons (Fsp3) is 0.304. The zero-order valence-corrected chi connectivity index (χ0v) is 17.0. The highest BCUT2D eigenvalue weighted by Crippen LogP contribution is 2.55. The number of pyridine rings is 1. The van der Waals surface area contributed by atoms with E-state index >= 15 is 0 Å². The van der Waals surface area contributed by atoms with Crippen LogP contribution in [0.4, 0.5) is 5.82 Å². The number of carbonyl (C=O) groups is 1. The molecule has 1 amide bonds. The molecule has 2 heterocycles. The number of nitrogens with one attached hydrogen (secondary N) is 1. The van der Waals surface area contributed by atoms with Gasteiger partial charge in [-0.15, -0.1) is 0 Å². The molecule has 0 aliphatic heterocycles. The summed E-state index contributed by atoms with van der Waals surface area (Å²) < 4.78 is 7.99. The van der Waals surface area contributed by atoms with Crippen molar-refractivity contribution in [3.63, 3.8) is 0 Å². The molecular formula is C23H23N5O2. The Labute approximate surface area is 175 Å². The van der Waals surface area contributed by atoms with Gasteiger partial charge in [0.2, 0.25) is 5.91 Å². The standard InChI is InChI=1S/C23H23N5O2/c1-3-28-14-20(16(2)27-28)30-15-23(18-7-5-4-6-8-18)11-19(23)22(29)26-21-10-9-17(12-24)13-25-21/h4-10,13-14,19H,3,11,15H2,1-2H3,(H,25,26,29)/t19-,23+/m0/s1. The number of hydrogen-bond donors (Lipinski definition) is 1. The maximum Gasteiger partial charge on any atom is 0.229 e. The molecule has 0 bridgehead atoms. The molecule has 1 aliphatic carbocycles. The average Bonchev–Trinajstić information content (AvgIpc) is 3.42. The van der Waals surface area contributed by atoms with Crippen molar-refractivity contribution in [2.75, 3.05) is 11.9 Å². The zero-order valence-electron chi connectivity index (χ0n) is 17.0. The van der Waals surface area contributed by atoms with Gasteiger partial charge in [0.15, 0.2) is 5.75 Å². The second-order valence-electron chi connectivity index (χ2n) is 7.54. The lowest BCUT2D eigenvalue weighted by Gasteiger charge is -2.18. The lowest BCUT2D eigenvalue weighted by Crippen LogP contribution is -2.26. The Kier molecular flexibility index (Phi) is 5.23. The molecule has 1 aliphatic rings. The van der Waals surface area contributed by atoms with Gasteiger partial charge in [0.05, 0.1) is 24.3 Å². The summed E-state index contributed by atoms with van der Waals surface area (Å²) >= 11 is 0. The third-order valence-electron chi connectivity index (χ3n) is 5.59. The first-order chi connectivity index (χ1) is 14.6. The van der Waals surface area contributed by atoms with Crippen LogP contribution in [0.3, 0.4) is 0 Å². The molecule has 0 unspecified atom stereocenters. The van der Waals surface area contributed by atoms with Crippen molar-refractivity contribution in [2.24, 2.45) is 5.92 Å². The van der Waals surface area contributed by atoms with Crippen LogP contribution in [0.15, 0.2) is 54.9 Å². The highest BCUT2D eigenvalue weighted by Gasteiger charge is 2.60. The summed E-state index contributed by atoms with van der Waals surface area (Å²) in [6, 6.07) is 15.3. The van der Waals surface area contributed by atoms with Crippen LogP contribution in [-0.2, 0) is 16.8 Å². The van der Waals surface area contributed by atoms with E-state index in [1.165, 1.54) is 6.20 Å². The topological polar surface area (TPSA) is 92.8 Å². The maximum atomic E-state index is 13.0. The molecule has 1 saturated carbocycles. The van der Waals surface area contributed by atoms with Crippen LogP contribution < -0.4 is 10.1 Å². The first-order valence-electron chi connectivity index (χ1n) is 9.95. The first-order valence-corrected chi connectivity index (χ1v) is 9.95. The van der Waals surface area contributed by atoms with E-state index in [2.05, 4.69) is 15.4 Å². The molecule has 0 radical (unpaired) electrons. The Hall–Kier alpha value is -3.66. The molecule has 3 aromatic rings. The van der Waals surface area contributed by atoms with Gasteiger partial charge < -0.3 is 10.1 Å². The minimum Gasteiger partial charge on any atom is -0.489 e. The van der Waals surface area contributed by atoms with Crippen LogP contribution in [0.2, 0.25) is 0 Å². The summed E-state index contributed by atoms with van der Waals surface area (Å²) in [7, 11) is 0. The van der Waals surface area contributed by atoms with Crippen molar-refractivity contribution < 1.29 is 9.53 Å². The number of aromatic nitrogens is 3. The number of anilines is 1. The average molecular weight is 401 g/mol. The van der Waals surface area contributed by atoms with Crippen molar-refractivity contribution in [1.82, 2.24) is 14.8 Å². The Morgan fingerprint density at radius 2 is 2.13 bits per heavy atom. The third kappa shape index (κ3) is 3.77. The molecule has 0 saturated heterocycles. The van der Waals surface area contributed by atoms with Gasteiger partial charge in [-0.25, -0.2) is 4.98 Å². The van der Waals surface area contributed by atoms with Crippen molar-refractivity contribution in [3.8, 4) is 11.8 Å². The number of benzene rings is 1. The van der Waals surface area contributed by atoms with Gasteiger partial charge in [-0.1, -0.05) is 30.3 Å². The Morgan fingerprint density at radius 3 is 2.77 bits per heavy atom. The van der Waals surface area contributed by atoms with Gasteiger partial charge in [0.1, 0.15) is 17.6 Å². The first kappa shape index (κ1) is 19.6. The summed E-state index contributed by atoms with van der Waals surface area (Å²) in [6.07, 6.45) is 4.04. The number of carbonyl (C=O) groups excluding carboxylic acids is 1. The van der Waals surface area contributed by atoms with Crippen molar-refractivity contribution >= 4 is 11.7 Å². The Balaban J connectivity index is 1.52. The fourth-order valence-electron chi connectivity index (χ4n) is 3.74. The lowest BCUT2D eigenvalue weighted by molar-refractivity contribution is -0.117. The number of hydrogen-bond acceptors (Lipinski definition) is 5. The largest absolute Gasteiger partial charge is 0.489 e. The highest BCUT2D eigenvalue weighted by molar-refractivity contribution is 5.95. The van der Waals surface area contributed by atoms with Gasteiger partial charge in [-0.3, -0.25) is 9.48 Å². The molecule has 4 rings (SSSR count). The SMILES string of the molecule is CCn1cc(OC[C@@]2(c3ccccc3)C[C@H]2C(=O)Nc2ccc(C#N)cn2)c(C)n1. The Bertz CT molecular complexity index is 1090. The van der Waals surface area contributed by atoms with E-state index in [1.54, 1.807) is 12.1 Å².